The van der Waals surface area contributed by atoms with E-state index in [1.54, 1.807) is 25.1 Å². The maximum Gasteiger partial charge on any atom is 0.237 e. The number of piperidine rings is 1. The molecule has 3 rings (SSSR count). The molecule has 0 spiro atoms. The molecule has 2 heterocycles. The summed E-state index contributed by atoms with van der Waals surface area (Å²) in [5, 5.41) is 0. The van der Waals surface area contributed by atoms with Crippen molar-refractivity contribution in [3.05, 3.63) is 29.7 Å². The molecule has 4 nitrogen and oxygen atoms in total. The van der Waals surface area contributed by atoms with E-state index in [0.717, 1.165) is 31.4 Å². The number of hydrogen-bond donors (Lipinski definition) is 0. The summed E-state index contributed by atoms with van der Waals surface area (Å²) in [6.07, 6.45) is 3.58. The topological polar surface area (TPSA) is 46.3 Å². The average molecular weight is 268 g/mol. The van der Waals surface area contributed by atoms with Crippen LogP contribution < -0.4 is 0 Å². The van der Waals surface area contributed by atoms with Crippen molar-refractivity contribution >= 4 is 16.9 Å². The lowest BCUT2D eigenvalue weighted by atomic mass is 10.1. The van der Waals surface area contributed by atoms with E-state index >= 15 is 0 Å². The van der Waals surface area contributed by atoms with E-state index in [1.165, 1.54) is 6.42 Å². The number of carbonyl (C=O) groups excluding carboxylic acids is 1. The number of rotatable bonds is 1. The van der Waals surface area contributed by atoms with Crippen molar-refractivity contribution < 1.29 is 9.21 Å². The van der Waals surface area contributed by atoms with Crippen molar-refractivity contribution in [2.75, 3.05) is 13.1 Å². The second kappa shape index (κ2) is 5.38. The number of fused-ring (bicyclic) bond motifs is 1. The first-order valence-corrected chi connectivity index (χ1v) is 6.90. The molecule has 0 bridgehead atoms. The first kappa shape index (κ1) is 12.7. The van der Waals surface area contributed by atoms with Gasteiger partial charge in [-0.2, -0.15) is 0 Å². The zero-order chi connectivity index (χ0) is 13.9. The Morgan fingerprint density at radius 2 is 2.10 bits per heavy atom. The highest BCUT2D eigenvalue weighted by molar-refractivity contribution is 6.10. The van der Waals surface area contributed by atoms with Crippen LogP contribution in [0.3, 0.4) is 0 Å². The van der Waals surface area contributed by atoms with Gasteiger partial charge in [-0.15, -0.1) is 0 Å². The molecule has 1 aromatic carbocycles. The fourth-order valence-electron chi connectivity index (χ4n) is 2.39. The van der Waals surface area contributed by atoms with Crippen LogP contribution in [0.4, 0.5) is 0 Å². The Labute approximate surface area is 117 Å². The van der Waals surface area contributed by atoms with Gasteiger partial charge >= 0.3 is 0 Å². The second-order valence-electron chi connectivity index (χ2n) is 5.03. The van der Waals surface area contributed by atoms with Crippen LogP contribution in [0.15, 0.2) is 22.6 Å². The normalized spacial score (nSPS) is 14.9. The van der Waals surface area contributed by atoms with Gasteiger partial charge in [-0.05, 0) is 43.4 Å². The Hall–Kier alpha value is -2.28. The highest BCUT2D eigenvalue weighted by Crippen LogP contribution is 2.17. The number of benzene rings is 1. The summed E-state index contributed by atoms with van der Waals surface area (Å²) >= 11 is 0. The lowest BCUT2D eigenvalue weighted by Crippen LogP contribution is -2.24. The second-order valence-corrected chi connectivity index (χ2v) is 5.03. The fraction of sp³-hybridized carbons (Fsp3) is 0.375. The van der Waals surface area contributed by atoms with Gasteiger partial charge < -0.3 is 9.32 Å². The molecule has 1 saturated heterocycles. The van der Waals surface area contributed by atoms with Gasteiger partial charge in [0.1, 0.15) is 5.52 Å². The van der Waals surface area contributed by atoms with Crippen LogP contribution in [0, 0.1) is 18.9 Å². The van der Waals surface area contributed by atoms with Gasteiger partial charge in [0, 0.05) is 31.6 Å². The molecule has 1 fully saturated rings. The van der Waals surface area contributed by atoms with E-state index in [1.807, 2.05) is 4.90 Å². The van der Waals surface area contributed by atoms with Gasteiger partial charge in [0.25, 0.3) is 0 Å². The van der Waals surface area contributed by atoms with E-state index in [2.05, 4.69) is 16.9 Å². The summed E-state index contributed by atoms with van der Waals surface area (Å²) in [5.41, 5.74) is 1.95. The van der Waals surface area contributed by atoms with Gasteiger partial charge in [0.15, 0.2) is 11.5 Å². The summed E-state index contributed by atoms with van der Waals surface area (Å²) in [5.74, 6) is 3.14. The first-order chi connectivity index (χ1) is 9.72. The van der Waals surface area contributed by atoms with Crippen molar-refractivity contribution in [2.45, 2.75) is 26.2 Å². The molecule has 0 unspecified atom stereocenters. The Morgan fingerprint density at radius 1 is 1.30 bits per heavy atom. The van der Waals surface area contributed by atoms with Gasteiger partial charge in [-0.3, -0.25) is 4.79 Å². The lowest BCUT2D eigenvalue weighted by molar-refractivity contribution is 0.105. The molecule has 2 aromatic rings. The van der Waals surface area contributed by atoms with Crippen LogP contribution in [0.5, 0.6) is 0 Å². The van der Waals surface area contributed by atoms with Gasteiger partial charge in [-0.25, -0.2) is 4.98 Å². The number of likely N-dealkylation sites (tertiary alicyclic amines) is 1. The standard InChI is InChI=1S/C16H16N2O2/c1-12-17-14-6-5-13(11-16(14)20-12)15(19)7-10-18-8-3-2-4-9-18/h5-6,11H,2-4,8-9H2,1H3. The Kier molecular flexibility index (Phi) is 3.42. The number of carbonyl (C=O) groups is 1. The number of hydrogen-bond acceptors (Lipinski definition) is 4. The molecular formula is C16H16N2O2. The maximum atomic E-state index is 12.1. The maximum absolute atomic E-state index is 12.1. The van der Waals surface area contributed by atoms with Crippen LogP contribution in [0.25, 0.3) is 11.1 Å². The summed E-state index contributed by atoms with van der Waals surface area (Å²) in [4.78, 5) is 18.3. The smallest absolute Gasteiger partial charge is 0.237 e. The molecule has 1 aromatic heterocycles. The third-order valence-electron chi connectivity index (χ3n) is 3.44. The summed E-state index contributed by atoms with van der Waals surface area (Å²) in [6, 6.07) is 8.21. The summed E-state index contributed by atoms with van der Waals surface area (Å²) < 4.78 is 5.43. The predicted octanol–water partition coefficient (Wildman–Crippen LogP) is 2.77. The SMILES string of the molecule is Cc1nc2ccc(C(=O)C#CN3CCCCC3)cc2o1. The van der Waals surface area contributed by atoms with Crippen LogP contribution in [-0.4, -0.2) is 28.8 Å². The molecule has 0 N–H and O–H groups in total. The third kappa shape index (κ3) is 2.67. The summed E-state index contributed by atoms with van der Waals surface area (Å²) in [7, 11) is 0. The van der Waals surface area contributed by atoms with Crippen molar-refractivity contribution in [3.63, 3.8) is 0 Å². The minimum atomic E-state index is -0.175. The predicted molar refractivity (Wildman–Crippen MR) is 76.3 cm³/mol. The van der Waals surface area contributed by atoms with Crippen molar-refractivity contribution in [1.29, 1.82) is 0 Å². The average Bonchev–Trinajstić information content (AvgIpc) is 2.85. The Bertz CT molecular complexity index is 700. The zero-order valence-electron chi connectivity index (χ0n) is 11.5. The van der Waals surface area contributed by atoms with E-state index < -0.39 is 0 Å². The van der Waals surface area contributed by atoms with E-state index in [9.17, 15) is 4.79 Å². The molecule has 0 aliphatic carbocycles. The molecule has 0 amide bonds. The van der Waals surface area contributed by atoms with Crippen LogP contribution in [0.1, 0.15) is 35.5 Å². The van der Waals surface area contributed by atoms with Crippen molar-refractivity contribution in [3.8, 4) is 12.0 Å². The van der Waals surface area contributed by atoms with Gasteiger partial charge in [0.05, 0.1) is 0 Å². The molecule has 102 valence electrons. The number of oxazole rings is 1. The first-order valence-electron chi connectivity index (χ1n) is 6.90. The fourth-order valence-corrected chi connectivity index (χ4v) is 2.39. The van der Waals surface area contributed by atoms with Crippen molar-refractivity contribution in [1.82, 2.24) is 9.88 Å². The number of aryl methyl sites for hydroxylation is 1. The molecule has 0 radical (unpaired) electrons. The van der Waals surface area contributed by atoms with E-state index in [4.69, 9.17) is 4.42 Å². The van der Waals surface area contributed by atoms with Crippen LogP contribution in [0.2, 0.25) is 0 Å². The van der Waals surface area contributed by atoms with Gasteiger partial charge in [0.2, 0.25) is 5.78 Å². The third-order valence-corrected chi connectivity index (χ3v) is 3.44. The summed E-state index contributed by atoms with van der Waals surface area (Å²) in [6.45, 7) is 3.71. The zero-order valence-corrected chi connectivity index (χ0v) is 11.5. The van der Waals surface area contributed by atoms with E-state index in [-0.39, 0.29) is 5.78 Å². The van der Waals surface area contributed by atoms with Gasteiger partial charge in [-0.1, -0.05) is 0 Å². The highest BCUT2D eigenvalue weighted by Gasteiger charge is 2.09. The largest absolute Gasteiger partial charge is 0.441 e. The molecule has 0 atom stereocenters. The minimum absolute atomic E-state index is 0.175. The van der Waals surface area contributed by atoms with Crippen LogP contribution in [-0.2, 0) is 0 Å². The number of nitrogens with zero attached hydrogens (tertiary/aromatic N) is 2. The molecule has 1 aliphatic heterocycles. The van der Waals surface area contributed by atoms with E-state index in [0.29, 0.717) is 17.0 Å². The Balaban J connectivity index is 1.79. The quantitative estimate of drug-likeness (QED) is 0.589. The van der Waals surface area contributed by atoms with Crippen molar-refractivity contribution in [2.24, 2.45) is 0 Å². The number of aromatic nitrogens is 1. The molecule has 20 heavy (non-hydrogen) atoms. The molecule has 4 heteroatoms. The molecular weight excluding hydrogens is 252 g/mol. The Morgan fingerprint density at radius 3 is 2.90 bits per heavy atom. The monoisotopic (exact) mass is 268 g/mol. The number of Topliss-reactive ketones (excluding diaryl/α,β-unsaturated/α-hetero) is 1. The highest BCUT2D eigenvalue weighted by atomic mass is 16.3. The van der Waals surface area contributed by atoms with Crippen LogP contribution >= 0.6 is 0 Å². The lowest BCUT2D eigenvalue weighted by Gasteiger charge is -2.21. The molecule has 0 saturated carbocycles. The minimum Gasteiger partial charge on any atom is -0.441 e. The molecule has 1 aliphatic rings. The number of ketones is 1.